The molecule has 0 amide bonds. The molecule has 1 aliphatic heterocycles. The summed E-state index contributed by atoms with van der Waals surface area (Å²) >= 11 is 0. The van der Waals surface area contributed by atoms with Crippen molar-refractivity contribution in [3.8, 4) is 6.07 Å². The second kappa shape index (κ2) is 6.30. The summed E-state index contributed by atoms with van der Waals surface area (Å²) in [6, 6.07) is 9.03. The number of hydrogen-bond acceptors (Lipinski definition) is 3. The zero-order valence-corrected chi connectivity index (χ0v) is 12.5. The predicted molar refractivity (Wildman–Crippen MR) is 84.1 cm³/mol. The Balaban J connectivity index is 1.87. The average molecular weight is 282 g/mol. The van der Waals surface area contributed by atoms with Crippen LogP contribution in [0.1, 0.15) is 30.9 Å². The first kappa shape index (κ1) is 14.1. The second-order valence-corrected chi connectivity index (χ2v) is 5.68. The number of nitriles is 1. The van der Waals surface area contributed by atoms with E-state index in [0.717, 1.165) is 42.8 Å². The quantitative estimate of drug-likeness (QED) is 0.936. The molecule has 1 aliphatic rings. The van der Waals surface area contributed by atoms with E-state index in [9.17, 15) is 5.26 Å². The monoisotopic (exact) mass is 282 g/mol. The molecule has 0 aromatic carbocycles. The number of nitrogens with one attached hydrogen (secondary N) is 1. The highest BCUT2D eigenvalue weighted by atomic mass is 15.2. The number of nitrogens with zero attached hydrogens (tertiary/aromatic N) is 3. The summed E-state index contributed by atoms with van der Waals surface area (Å²) in [4.78, 5) is 2.51. The fourth-order valence-corrected chi connectivity index (χ4v) is 3.32. The zero-order valence-electron chi connectivity index (χ0n) is 12.5. The molecule has 4 heteroatoms. The zero-order chi connectivity index (χ0) is 14.7. The molecule has 0 atom stereocenters. The number of pyridine rings is 1. The Hall–Kier alpha value is -1.83. The van der Waals surface area contributed by atoms with Gasteiger partial charge in [0.25, 0.3) is 0 Å². The van der Waals surface area contributed by atoms with E-state index < -0.39 is 0 Å². The first-order valence-electron chi connectivity index (χ1n) is 7.77. The van der Waals surface area contributed by atoms with Gasteiger partial charge in [0.2, 0.25) is 0 Å². The molecule has 3 heterocycles. The van der Waals surface area contributed by atoms with E-state index in [1.807, 2.05) is 24.4 Å². The number of rotatable bonds is 4. The Morgan fingerprint density at radius 2 is 2.19 bits per heavy atom. The summed E-state index contributed by atoms with van der Waals surface area (Å²) < 4.78 is 2.06. The highest BCUT2D eigenvalue weighted by Gasteiger charge is 2.21. The lowest BCUT2D eigenvalue weighted by Crippen LogP contribution is -2.42. The molecule has 0 aliphatic carbocycles. The Morgan fingerprint density at radius 3 is 2.90 bits per heavy atom. The summed E-state index contributed by atoms with van der Waals surface area (Å²) in [5.41, 5.74) is 2.98. The minimum absolute atomic E-state index is 0.630. The van der Waals surface area contributed by atoms with Crippen LogP contribution in [0.4, 0.5) is 0 Å². The largest absolute Gasteiger partial charge is 0.322 e. The van der Waals surface area contributed by atoms with Crippen molar-refractivity contribution in [2.75, 3.05) is 19.6 Å². The predicted octanol–water partition coefficient (Wildman–Crippen LogP) is 2.38. The van der Waals surface area contributed by atoms with Crippen molar-refractivity contribution in [3.63, 3.8) is 0 Å². The summed E-state index contributed by atoms with van der Waals surface area (Å²) in [6.45, 7) is 6.31. The summed E-state index contributed by atoms with van der Waals surface area (Å²) in [5, 5.41) is 12.9. The third-order valence-corrected chi connectivity index (χ3v) is 4.48. The van der Waals surface area contributed by atoms with E-state index in [1.165, 1.54) is 12.8 Å². The molecule has 3 rings (SSSR count). The molecule has 1 N–H and O–H groups in total. The van der Waals surface area contributed by atoms with E-state index in [0.29, 0.717) is 6.04 Å². The van der Waals surface area contributed by atoms with E-state index in [4.69, 9.17) is 0 Å². The first-order chi connectivity index (χ1) is 10.3. The van der Waals surface area contributed by atoms with Gasteiger partial charge in [0, 0.05) is 30.5 Å². The molecule has 1 fully saturated rings. The molecule has 21 heavy (non-hydrogen) atoms. The van der Waals surface area contributed by atoms with E-state index >= 15 is 0 Å². The maximum Gasteiger partial charge on any atom is 0.102 e. The SMILES string of the molecule is CCN(Cc1cn2ccccc2c1C#N)C1CCNCC1. The van der Waals surface area contributed by atoms with Crippen LogP contribution < -0.4 is 5.32 Å². The molecular formula is C17H22N4. The molecule has 4 nitrogen and oxygen atoms in total. The molecule has 2 aromatic rings. The molecule has 0 unspecified atom stereocenters. The third kappa shape index (κ3) is 2.80. The van der Waals surface area contributed by atoms with Gasteiger partial charge < -0.3 is 9.72 Å². The van der Waals surface area contributed by atoms with Crippen molar-refractivity contribution in [2.45, 2.75) is 32.4 Å². The van der Waals surface area contributed by atoms with Crippen molar-refractivity contribution in [1.82, 2.24) is 14.6 Å². The van der Waals surface area contributed by atoms with Gasteiger partial charge >= 0.3 is 0 Å². The Morgan fingerprint density at radius 1 is 1.38 bits per heavy atom. The molecule has 0 radical (unpaired) electrons. The number of hydrogen-bond donors (Lipinski definition) is 1. The summed E-state index contributed by atoms with van der Waals surface area (Å²) in [6.07, 6.45) is 6.52. The fraction of sp³-hybridized carbons (Fsp3) is 0.471. The maximum absolute atomic E-state index is 9.51. The normalized spacial score (nSPS) is 16.4. The third-order valence-electron chi connectivity index (χ3n) is 4.48. The second-order valence-electron chi connectivity index (χ2n) is 5.68. The van der Waals surface area contributed by atoms with Crippen LogP contribution in [-0.4, -0.2) is 35.0 Å². The molecule has 1 saturated heterocycles. The van der Waals surface area contributed by atoms with Crippen molar-refractivity contribution < 1.29 is 0 Å². The van der Waals surface area contributed by atoms with Crippen LogP contribution in [0, 0.1) is 11.3 Å². The molecule has 0 spiro atoms. The van der Waals surface area contributed by atoms with Gasteiger partial charge in [-0.25, -0.2) is 0 Å². The smallest absolute Gasteiger partial charge is 0.102 e. The molecule has 2 aromatic heterocycles. The summed E-state index contributed by atoms with van der Waals surface area (Å²) in [5.74, 6) is 0. The lowest BCUT2D eigenvalue weighted by atomic mass is 10.0. The van der Waals surface area contributed by atoms with Gasteiger partial charge in [0.05, 0.1) is 11.1 Å². The van der Waals surface area contributed by atoms with Gasteiger partial charge in [0.15, 0.2) is 0 Å². The fourth-order valence-electron chi connectivity index (χ4n) is 3.32. The molecule has 0 saturated carbocycles. The van der Waals surface area contributed by atoms with Crippen LogP contribution in [0.25, 0.3) is 5.52 Å². The molecule has 0 bridgehead atoms. The Kier molecular flexibility index (Phi) is 4.23. The van der Waals surface area contributed by atoms with Crippen LogP contribution in [0.2, 0.25) is 0 Å². The lowest BCUT2D eigenvalue weighted by molar-refractivity contribution is 0.162. The van der Waals surface area contributed by atoms with Crippen LogP contribution in [0.15, 0.2) is 30.6 Å². The topological polar surface area (TPSA) is 43.5 Å². The Labute approximate surface area is 126 Å². The number of piperidine rings is 1. The van der Waals surface area contributed by atoms with Gasteiger partial charge in [-0.1, -0.05) is 13.0 Å². The van der Waals surface area contributed by atoms with Crippen molar-refractivity contribution >= 4 is 5.52 Å². The van der Waals surface area contributed by atoms with Gasteiger partial charge in [-0.05, 0) is 44.6 Å². The lowest BCUT2D eigenvalue weighted by Gasteiger charge is -2.33. The van der Waals surface area contributed by atoms with E-state index in [-0.39, 0.29) is 0 Å². The number of aromatic nitrogens is 1. The van der Waals surface area contributed by atoms with Crippen LogP contribution in [0.3, 0.4) is 0 Å². The molecule has 110 valence electrons. The summed E-state index contributed by atoms with van der Waals surface area (Å²) in [7, 11) is 0. The number of fused-ring (bicyclic) bond motifs is 1. The standard InChI is InChI=1S/C17H22N4/c1-2-20(15-6-8-19-9-7-15)12-14-13-21-10-4-3-5-17(21)16(14)11-18/h3-5,10,13,15,19H,2,6-9,12H2,1H3. The van der Waals surface area contributed by atoms with E-state index in [1.54, 1.807) is 0 Å². The molecular weight excluding hydrogens is 260 g/mol. The van der Waals surface area contributed by atoms with Crippen molar-refractivity contribution in [3.05, 3.63) is 41.7 Å². The first-order valence-corrected chi connectivity index (χ1v) is 7.77. The van der Waals surface area contributed by atoms with Gasteiger partial charge in [-0.15, -0.1) is 0 Å². The van der Waals surface area contributed by atoms with Gasteiger partial charge in [-0.3, -0.25) is 4.90 Å². The minimum Gasteiger partial charge on any atom is -0.322 e. The van der Waals surface area contributed by atoms with Crippen LogP contribution >= 0.6 is 0 Å². The highest BCUT2D eigenvalue weighted by molar-refractivity contribution is 5.65. The van der Waals surface area contributed by atoms with Crippen molar-refractivity contribution in [1.29, 1.82) is 5.26 Å². The average Bonchev–Trinajstić information content (AvgIpc) is 2.90. The van der Waals surface area contributed by atoms with Gasteiger partial charge in [0.1, 0.15) is 6.07 Å². The van der Waals surface area contributed by atoms with Crippen LogP contribution in [0.5, 0.6) is 0 Å². The Bertz CT molecular complexity index is 646. The minimum atomic E-state index is 0.630. The highest BCUT2D eigenvalue weighted by Crippen LogP contribution is 2.22. The van der Waals surface area contributed by atoms with Gasteiger partial charge in [-0.2, -0.15) is 5.26 Å². The van der Waals surface area contributed by atoms with Crippen molar-refractivity contribution in [2.24, 2.45) is 0 Å². The van der Waals surface area contributed by atoms with Crippen LogP contribution in [-0.2, 0) is 6.54 Å². The maximum atomic E-state index is 9.51. The van der Waals surface area contributed by atoms with E-state index in [2.05, 4.69) is 33.8 Å².